The second-order valence-electron chi connectivity index (χ2n) is 11.0. The van der Waals surface area contributed by atoms with E-state index < -0.39 is 47.6 Å². The predicted molar refractivity (Wildman–Crippen MR) is 150 cm³/mol. The highest BCUT2D eigenvalue weighted by Gasteiger charge is 2.31. The van der Waals surface area contributed by atoms with E-state index in [1.165, 1.54) is 6.07 Å². The molecule has 2 heterocycles. The molecule has 1 aliphatic rings. The monoisotopic (exact) mass is 573 g/mol. The maximum atomic E-state index is 12.6. The number of hydrogen-bond donors (Lipinski definition) is 4. The molecule has 12 nitrogen and oxygen atoms in total. The number of carboxylic acids is 1. The van der Waals surface area contributed by atoms with Gasteiger partial charge in [0.1, 0.15) is 28.7 Å². The summed E-state index contributed by atoms with van der Waals surface area (Å²) in [4.78, 5) is 60.5. The maximum Gasteiger partial charge on any atom is 0.336 e. The highest BCUT2D eigenvalue weighted by Crippen LogP contribution is 2.42. The molecular formula is C29H39N3O9. The molecule has 41 heavy (non-hydrogen) atoms. The molecule has 0 saturated heterocycles. The first-order valence-corrected chi connectivity index (χ1v) is 13.8. The molecule has 4 N–H and O–H groups in total. The molecule has 0 aliphatic carbocycles. The number of fused-ring (bicyclic) bond motifs is 3. The first-order chi connectivity index (χ1) is 19.3. The van der Waals surface area contributed by atoms with Gasteiger partial charge in [-0.15, -0.1) is 0 Å². The number of carboxylic acid groups (broad SMARTS) is 1. The molecule has 12 heteroatoms. The van der Waals surface area contributed by atoms with Gasteiger partial charge in [0, 0.05) is 30.7 Å². The van der Waals surface area contributed by atoms with Crippen molar-refractivity contribution in [1.29, 1.82) is 0 Å². The zero-order valence-corrected chi connectivity index (χ0v) is 24.2. The van der Waals surface area contributed by atoms with Gasteiger partial charge in [-0.3, -0.25) is 19.2 Å². The summed E-state index contributed by atoms with van der Waals surface area (Å²) < 4.78 is 17.5. The van der Waals surface area contributed by atoms with Crippen LogP contribution in [0.4, 0.5) is 0 Å². The van der Waals surface area contributed by atoms with E-state index in [-0.39, 0.29) is 31.8 Å². The highest BCUT2D eigenvalue weighted by molar-refractivity contribution is 5.92. The second-order valence-corrected chi connectivity index (χ2v) is 11.0. The molecular weight excluding hydrogens is 534 g/mol. The van der Waals surface area contributed by atoms with Crippen molar-refractivity contribution in [2.45, 2.75) is 78.4 Å². The fourth-order valence-electron chi connectivity index (χ4n) is 4.60. The Labute approximate surface area is 238 Å². The zero-order valence-electron chi connectivity index (χ0n) is 24.2. The van der Waals surface area contributed by atoms with Crippen molar-refractivity contribution in [3.63, 3.8) is 0 Å². The number of aliphatic carboxylic acids is 1. The van der Waals surface area contributed by atoms with E-state index in [9.17, 15) is 24.0 Å². The summed E-state index contributed by atoms with van der Waals surface area (Å²) >= 11 is 0. The quantitative estimate of drug-likeness (QED) is 0.207. The van der Waals surface area contributed by atoms with Crippen LogP contribution in [0.1, 0.15) is 64.5 Å². The lowest BCUT2D eigenvalue weighted by Gasteiger charge is -2.33. The van der Waals surface area contributed by atoms with Crippen molar-refractivity contribution in [1.82, 2.24) is 16.0 Å². The van der Waals surface area contributed by atoms with Crippen LogP contribution < -0.4 is 31.0 Å². The van der Waals surface area contributed by atoms with E-state index in [0.717, 1.165) is 12.0 Å². The van der Waals surface area contributed by atoms with Gasteiger partial charge in [0.25, 0.3) is 5.91 Å². The summed E-state index contributed by atoms with van der Waals surface area (Å²) in [6.45, 7) is 8.74. The van der Waals surface area contributed by atoms with Gasteiger partial charge >= 0.3 is 11.6 Å². The predicted octanol–water partition coefficient (Wildman–Crippen LogP) is 2.21. The SMILES string of the molecule is CCC(C)C(NC(=O)CNC(=O)COc1cc2c(c3oc(=O)cc(C)c13)CCC(C)(C)O2)C(=O)NCCCC(=O)O. The molecule has 0 saturated carbocycles. The number of ether oxygens (including phenoxy) is 2. The smallest absolute Gasteiger partial charge is 0.336 e. The van der Waals surface area contributed by atoms with Crippen LogP contribution in [0.25, 0.3) is 11.0 Å². The van der Waals surface area contributed by atoms with Gasteiger partial charge in [-0.25, -0.2) is 4.79 Å². The first-order valence-electron chi connectivity index (χ1n) is 13.8. The Hall–Kier alpha value is -4.09. The van der Waals surface area contributed by atoms with E-state index >= 15 is 0 Å². The van der Waals surface area contributed by atoms with Crippen LogP contribution in [0, 0.1) is 12.8 Å². The van der Waals surface area contributed by atoms with Crippen LogP contribution in [0.15, 0.2) is 21.3 Å². The lowest BCUT2D eigenvalue weighted by atomic mass is 9.92. The molecule has 0 fully saturated rings. The van der Waals surface area contributed by atoms with E-state index in [2.05, 4.69) is 16.0 Å². The molecule has 1 aromatic heterocycles. The third-order valence-electron chi connectivity index (χ3n) is 7.09. The minimum absolute atomic E-state index is 0.0744. The molecule has 0 radical (unpaired) electrons. The fourth-order valence-corrected chi connectivity index (χ4v) is 4.60. The number of benzene rings is 1. The Morgan fingerprint density at radius 3 is 2.56 bits per heavy atom. The summed E-state index contributed by atoms with van der Waals surface area (Å²) in [5.41, 5.74) is 0.865. The average molecular weight is 574 g/mol. The summed E-state index contributed by atoms with van der Waals surface area (Å²) in [6.07, 6.45) is 2.20. The van der Waals surface area contributed by atoms with E-state index in [0.29, 0.717) is 40.9 Å². The fraction of sp³-hybridized carbons (Fsp3) is 0.552. The summed E-state index contributed by atoms with van der Waals surface area (Å²) in [5.74, 6) is -1.85. The Morgan fingerprint density at radius 2 is 1.88 bits per heavy atom. The number of carbonyl (C=O) groups excluding carboxylic acids is 3. The molecule has 2 unspecified atom stereocenters. The zero-order chi connectivity index (χ0) is 30.3. The third-order valence-corrected chi connectivity index (χ3v) is 7.09. The standard InChI is InChI=1S/C29H39N3O9/c1-6-16(2)26(28(38)30-11-7-8-23(35)36)32-21(33)14-31-22(34)15-39-20-13-19-18(9-10-29(4,5)41-19)27-25(20)17(3)12-24(37)40-27/h12-13,16,26H,6-11,14-15H2,1-5H3,(H,30,38)(H,31,34)(H,32,33)(H,35,36). The molecule has 1 aliphatic heterocycles. The molecule has 1 aromatic carbocycles. The molecule has 0 spiro atoms. The lowest BCUT2D eigenvalue weighted by Crippen LogP contribution is -2.52. The minimum atomic E-state index is -0.954. The van der Waals surface area contributed by atoms with E-state index in [1.54, 1.807) is 13.0 Å². The average Bonchev–Trinajstić information content (AvgIpc) is 2.89. The van der Waals surface area contributed by atoms with Crippen LogP contribution in [0.5, 0.6) is 11.5 Å². The van der Waals surface area contributed by atoms with Crippen LogP contribution in [0.3, 0.4) is 0 Å². The van der Waals surface area contributed by atoms with E-state index in [4.69, 9.17) is 19.0 Å². The number of nitrogens with one attached hydrogen (secondary N) is 3. The van der Waals surface area contributed by atoms with Crippen LogP contribution in [-0.2, 0) is 25.6 Å². The topological polar surface area (TPSA) is 173 Å². The van der Waals surface area contributed by atoms with Crippen LogP contribution >= 0.6 is 0 Å². The van der Waals surface area contributed by atoms with Crippen molar-refractivity contribution >= 4 is 34.7 Å². The largest absolute Gasteiger partial charge is 0.487 e. The van der Waals surface area contributed by atoms with E-state index in [1.807, 2.05) is 27.7 Å². The normalized spacial score (nSPS) is 15.1. The van der Waals surface area contributed by atoms with Crippen molar-refractivity contribution in [3.05, 3.63) is 33.7 Å². The Morgan fingerprint density at radius 1 is 1.15 bits per heavy atom. The number of carbonyl (C=O) groups is 4. The number of aryl methyl sites for hydroxylation is 2. The molecule has 2 atom stereocenters. The lowest BCUT2D eigenvalue weighted by molar-refractivity contribution is -0.137. The van der Waals surface area contributed by atoms with Crippen molar-refractivity contribution in [3.8, 4) is 11.5 Å². The summed E-state index contributed by atoms with van der Waals surface area (Å²) in [6, 6.07) is 2.21. The van der Waals surface area contributed by atoms with Crippen molar-refractivity contribution in [2.24, 2.45) is 5.92 Å². The van der Waals surface area contributed by atoms with Gasteiger partial charge in [-0.1, -0.05) is 20.3 Å². The van der Waals surface area contributed by atoms with Gasteiger partial charge in [-0.05, 0) is 51.5 Å². The Bertz CT molecular complexity index is 1370. The molecule has 224 valence electrons. The number of hydrogen-bond acceptors (Lipinski definition) is 8. The number of rotatable bonds is 13. The van der Waals surface area contributed by atoms with Gasteiger partial charge in [0.05, 0.1) is 11.9 Å². The molecule has 3 amide bonds. The Kier molecular flexibility index (Phi) is 10.4. The van der Waals surface area contributed by atoms with Crippen molar-refractivity contribution in [2.75, 3.05) is 19.7 Å². The van der Waals surface area contributed by atoms with Gasteiger partial charge in [0.2, 0.25) is 11.8 Å². The van der Waals surface area contributed by atoms with Gasteiger partial charge in [-0.2, -0.15) is 0 Å². The number of amides is 3. The first kappa shape index (κ1) is 31.4. The maximum absolute atomic E-state index is 12.6. The van der Waals surface area contributed by atoms with Gasteiger partial charge < -0.3 is 34.9 Å². The highest BCUT2D eigenvalue weighted by atomic mass is 16.5. The Balaban J connectivity index is 1.62. The van der Waals surface area contributed by atoms with Crippen LogP contribution in [-0.4, -0.2) is 60.1 Å². The third kappa shape index (κ3) is 8.45. The second kappa shape index (κ2) is 13.5. The summed E-state index contributed by atoms with van der Waals surface area (Å²) in [7, 11) is 0. The minimum Gasteiger partial charge on any atom is -0.487 e. The molecule has 2 aromatic rings. The molecule has 0 bridgehead atoms. The van der Waals surface area contributed by atoms with Crippen LogP contribution in [0.2, 0.25) is 0 Å². The summed E-state index contributed by atoms with van der Waals surface area (Å²) in [5, 5.41) is 17.1. The van der Waals surface area contributed by atoms with Gasteiger partial charge in [0.15, 0.2) is 6.61 Å². The molecule has 3 rings (SSSR count). The van der Waals surface area contributed by atoms with Crippen molar-refractivity contribution < 1.29 is 38.2 Å².